The summed E-state index contributed by atoms with van der Waals surface area (Å²) in [5, 5.41) is 6.98. The molecule has 0 aromatic heterocycles. The average Bonchev–Trinajstić information content (AvgIpc) is 2.86. The Hall–Kier alpha value is -0.860. The highest BCUT2D eigenvalue weighted by atomic mass is 127. The van der Waals surface area contributed by atoms with Crippen LogP contribution in [0.15, 0.2) is 35.3 Å². The van der Waals surface area contributed by atoms with E-state index < -0.39 is 0 Å². The fourth-order valence-corrected chi connectivity index (χ4v) is 4.16. The minimum absolute atomic E-state index is 0. The minimum atomic E-state index is 0. The van der Waals surface area contributed by atoms with E-state index in [1.54, 1.807) is 0 Å². The maximum Gasteiger partial charge on any atom is 0.191 e. The van der Waals surface area contributed by atoms with Crippen LogP contribution in [0.3, 0.4) is 0 Å². The molecule has 3 rings (SSSR count). The fourth-order valence-electron chi connectivity index (χ4n) is 4.16. The molecule has 1 aromatic carbocycles. The summed E-state index contributed by atoms with van der Waals surface area (Å²) in [6.07, 6.45) is 5.09. The number of nitrogens with one attached hydrogen (secondary N) is 2. The first kappa shape index (κ1) is 23.4. The molecule has 2 aliphatic rings. The second kappa shape index (κ2) is 12.0. The maximum atomic E-state index is 4.96. The van der Waals surface area contributed by atoms with Crippen molar-refractivity contribution in [1.29, 1.82) is 0 Å². The van der Waals surface area contributed by atoms with Crippen molar-refractivity contribution in [3.8, 4) is 0 Å². The van der Waals surface area contributed by atoms with E-state index in [9.17, 15) is 0 Å². The molecule has 158 valence electrons. The van der Waals surface area contributed by atoms with Crippen molar-refractivity contribution >= 4 is 29.9 Å². The minimum Gasteiger partial charge on any atom is -0.357 e. The molecule has 1 saturated carbocycles. The zero-order valence-electron chi connectivity index (χ0n) is 17.6. The van der Waals surface area contributed by atoms with Crippen molar-refractivity contribution < 1.29 is 0 Å². The van der Waals surface area contributed by atoms with Gasteiger partial charge in [0.1, 0.15) is 0 Å². The highest BCUT2D eigenvalue weighted by Crippen LogP contribution is 2.43. The van der Waals surface area contributed by atoms with Gasteiger partial charge in [-0.05, 0) is 51.9 Å². The number of aliphatic imine (C=N–C) groups is 1. The lowest BCUT2D eigenvalue weighted by Gasteiger charge is -2.41. The van der Waals surface area contributed by atoms with E-state index in [4.69, 9.17) is 4.99 Å². The molecule has 0 unspecified atom stereocenters. The first-order valence-electron chi connectivity index (χ1n) is 10.7. The number of hydrogen-bond donors (Lipinski definition) is 2. The molecule has 0 bridgehead atoms. The quantitative estimate of drug-likeness (QED) is 0.344. The van der Waals surface area contributed by atoms with Gasteiger partial charge in [-0.15, -0.1) is 24.0 Å². The van der Waals surface area contributed by atoms with Crippen molar-refractivity contribution in [1.82, 2.24) is 20.4 Å². The summed E-state index contributed by atoms with van der Waals surface area (Å²) < 4.78 is 0. The Morgan fingerprint density at radius 2 is 1.82 bits per heavy atom. The fraction of sp³-hybridized carbons (Fsp3) is 0.682. The molecule has 1 aliphatic heterocycles. The second-order valence-electron chi connectivity index (χ2n) is 8.12. The molecule has 28 heavy (non-hydrogen) atoms. The van der Waals surface area contributed by atoms with Gasteiger partial charge in [0.05, 0.1) is 6.54 Å². The number of hydrogen-bond acceptors (Lipinski definition) is 3. The normalized spacial score (nSPS) is 20.6. The van der Waals surface area contributed by atoms with E-state index in [0.717, 1.165) is 32.1 Å². The zero-order chi connectivity index (χ0) is 19.0. The Morgan fingerprint density at radius 3 is 2.50 bits per heavy atom. The molecule has 1 heterocycles. The number of benzene rings is 1. The summed E-state index contributed by atoms with van der Waals surface area (Å²) >= 11 is 0. The van der Waals surface area contributed by atoms with Gasteiger partial charge in [-0.25, -0.2) is 0 Å². The van der Waals surface area contributed by atoms with Crippen molar-refractivity contribution in [3.63, 3.8) is 0 Å². The van der Waals surface area contributed by atoms with Gasteiger partial charge in [0.2, 0.25) is 0 Å². The number of rotatable bonds is 7. The Labute approximate surface area is 188 Å². The highest BCUT2D eigenvalue weighted by Gasteiger charge is 2.38. The van der Waals surface area contributed by atoms with Crippen LogP contribution in [0.2, 0.25) is 0 Å². The van der Waals surface area contributed by atoms with Gasteiger partial charge in [-0.3, -0.25) is 4.99 Å². The van der Waals surface area contributed by atoms with Crippen LogP contribution in [0.4, 0.5) is 0 Å². The lowest BCUT2D eigenvalue weighted by atomic mass is 9.64. The van der Waals surface area contributed by atoms with Crippen LogP contribution >= 0.6 is 24.0 Å². The van der Waals surface area contributed by atoms with E-state index in [1.807, 2.05) is 0 Å². The van der Waals surface area contributed by atoms with Gasteiger partial charge >= 0.3 is 0 Å². The van der Waals surface area contributed by atoms with E-state index in [0.29, 0.717) is 0 Å². The van der Waals surface area contributed by atoms with Crippen LogP contribution in [0, 0.1) is 0 Å². The number of nitrogens with zero attached hydrogens (tertiary/aromatic N) is 3. The van der Waals surface area contributed by atoms with Gasteiger partial charge in [0.25, 0.3) is 0 Å². The van der Waals surface area contributed by atoms with Crippen LogP contribution < -0.4 is 10.6 Å². The molecule has 0 radical (unpaired) electrons. The SMILES string of the molecule is CCNC(=NCC1(c2ccccc2)CCC1)NCCN1CCCN(C)CC1.I. The van der Waals surface area contributed by atoms with E-state index in [-0.39, 0.29) is 29.4 Å². The summed E-state index contributed by atoms with van der Waals surface area (Å²) in [5.41, 5.74) is 1.70. The predicted molar refractivity (Wildman–Crippen MR) is 130 cm³/mol. The van der Waals surface area contributed by atoms with E-state index in [1.165, 1.54) is 57.4 Å². The summed E-state index contributed by atoms with van der Waals surface area (Å²) in [6, 6.07) is 10.9. The third-order valence-electron chi connectivity index (χ3n) is 6.11. The smallest absolute Gasteiger partial charge is 0.191 e. The number of halogens is 1. The molecule has 2 fully saturated rings. The average molecular weight is 499 g/mol. The van der Waals surface area contributed by atoms with Crippen LogP contribution in [0.25, 0.3) is 0 Å². The molecule has 0 spiro atoms. The Morgan fingerprint density at radius 1 is 1.04 bits per heavy atom. The molecule has 1 saturated heterocycles. The standard InChI is InChI=1S/C22H37N5.HI/c1-3-23-21(24-13-16-27-15-8-14-26(2)17-18-27)25-19-22(11-7-12-22)20-9-5-4-6-10-20;/h4-6,9-10H,3,7-8,11-19H2,1-2H3,(H2,23,24,25);1H. The summed E-state index contributed by atoms with van der Waals surface area (Å²) in [6.45, 7) is 10.7. The molecule has 1 aliphatic carbocycles. The van der Waals surface area contributed by atoms with Gasteiger partial charge in [0, 0.05) is 38.1 Å². The maximum absolute atomic E-state index is 4.96. The van der Waals surface area contributed by atoms with Crippen molar-refractivity contribution in [2.24, 2.45) is 4.99 Å². The first-order valence-corrected chi connectivity index (χ1v) is 10.7. The highest BCUT2D eigenvalue weighted by molar-refractivity contribution is 14.0. The molecule has 0 amide bonds. The molecule has 2 N–H and O–H groups in total. The van der Waals surface area contributed by atoms with Crippen molar-refractivity contribution in [2.75, 3.05) is 59.4 Å². The largest absolute Gasteiger partial charge is 0.357 e. The second-order valence-corrected chi connectivity index (χ2v) is 8.12. The van der Waals surface area contributed by atoms with Crippen molar-refractivity contribution in [3.05, 3.63) is 35.9 Å². The van der Waals surface area contributed by atoms with Crippen LogP contribution in [0.5, 0.6) is 0 Å². The summed E-state index contributed by atoms with van der Waals surface area (Å²) in [7, 11) is 2.22. The van der Waals surface area contributed by atoms with Crippen LogP contribution in [0.1, 0.15) is 38.2 Å². The molecule has 5 nitrogen and oxygen atoms in total. The first-order chi connectivity index (χ1) is 13.2. The van der Waals surface area contributed by atoms with Gasteiger partial charge in [-0.1, -0.05) is 36.8 Å². The van der Waals surface area contributed by atoms with Crippen LogP contribution in [-0.2, 0) is 5.41 Å². The number of likely N-dealkylation sites (N-methyl/N-ethyl adjacent to an activating group) is 1. The predicted octanol–water partition coefficient (Wildman–Crippen LogP) is 2.92. The Balaban J connectivity index is 0.00000280. The van der Waals surface area contributed by atoms with Gasteiger partial charge in [-0.2, -0.15) is 0 Å². The zero-order valence-corrected chi connectivity index (χ0v) is 20.0. The van der Waals surface area contributed by atoms with E-state index >= 15 is 0 Å². The van der Waals surface area contributed by atoms with E-state index in [2.05, 4.69) is 64.7 Å². The lowest BCUT2D eigenvalue weighted by molar-refractivity contribution is 0.253. The van der Waals surface area contributed by atoms with Crippen LogP contribution in [-0.4, -0.2) is 75.2 Å². The monoisotopic (exact) mass is 499 g/mol. The summed E-state index contributed by atoms with van der Waals surface area (Å²) in [5.74, 6) is 0.964. The van der Waals surface area contributed by atoms with Gasteiger partial charge < -0.3 is 20.4 Å². The molecule has 6 heteroatoms. The topological polar surface area (TPSA) is 42.9 Å². The summed E-state index contributed by atoms with van der Waals surface area (Å²) in [4.78, 5) is 9.96. The van der Waals surface area contributed by atoms with Crippen molar-refractivity contribution in [2.45, 2.75) is 38.0 Å². The molecular weight excluding hydrogens is 461 g/mol. The van der Waals surface area contributed by atoms with Gasteiger partial charge in [0.15, 0.2) is 5.96 Å². The molecular formula is C22H38IN5. The Kier molecular flexibility index (Phi) is 10.0. The molecule has 0 atom stereocenters. The third kappa shape index (κ3) is 6.59. The lowest BCUT2D eigenvalue weighted by Crippen LogP contribution is -2.44. The number of guanidine groups is 1. The third-order valence-corrected chi connectivity index (χ3v) is 6.11. The molecule has 1 aromatic rings. The Bertz CT molecular complexity index is 588.